The zero-order valence-corrected chi connectivity index (χ0v) is 18.4. The molecule has 0 bridgehead atoms. The molecule has 0 fully saturated rings. The summed E-state index contributed by atoms with van der Waals surface area (Å²) in [6, 6.07) is 23.2. The molecule has 8 nitrogen and oxygen atoms in total. The van der Waals surface area contributed by atoms with Crippen LogP contribution in [0, 0.1) is 0 Å². The molecule has 2 amide bonds. The number of rotatable bonds is 8. The summed E-state index contributed by atoms with van der Waals surface area (Å²) in [7, 11) is 1.62. The fraction of sp³-hybridized carbons (Fsp3) is 0.115. The van der Waals surface area contributed by atoms with Crippen molar-refractivity contribution in [2.75, 3.05) is 7.11 Å². The fourth-order valence-corrected chi connectivity index (χ4v) is 3.36. The summed E-state index contributed by atoms with van der Waals surface area (Å²) in [5, 5.41) is 12.4. The van der Waals surface area contributed by atoms with Crippen LogP contribution in [-0.2, 0) is 13.2 Å². The maximum Gasteiger partial charge on any atom is 0.274 e. The SMILES string of the molecule is COc1ccc(COc2cccc3ccc(C(=O)NCc4ccc(C(=O)NO)cc4)nc23)cc1. The molecule has 3 N–H and O–H groups in total. The van der Waals surface area contributed by atoms with Crippen LogP contribution in [0.5, 0.6) is 11.5 Å². The average Bonchev–Trinajstić information content (AvgIpc) is 2.90. The van der Waals surface area contributed by atoms with Crippen LogP contribution in [0.2, 0.25) is 0 Å². The minimum absolute atomic E-state index is 0.259. The summed E-state index contributed by atoms with van der Waals surface area (Å²) in [5.41, 5.74) is 4.54. The Morgan fingerprint density at radius 1 is 0.882 bits per heavy atom. The number of carbonyl (C=O) groups is 2. The van der Waals surface area contributed by atoms with Crippen molar-refractivity contribution in [2.45, 2.75) is 13.2 Å². The van der Waals surface area contributed by atoms with Crippen LogP contribution in [0.3, 0.4) is 0 Å². The van der Waals surface area contributed by atoms with Gasteiger partial charge in [-0.2, -0.15) is 0 Å². The lowest BCUT2D eigenvalue weighted by Gasteiger charge is -2.11. The van der Waals surface area contributed by atoms with Gasteiger partial charge in [0, 0.05) is 17.5 Å². The molecule has 1 aromatic heterocycles. The minimum atomic E-state index is -0.596. The van der Waals surface area contributed by atoms with Crippen LogP contribution in [0.1, 0.15) is 32.0 Å². The van der Waals surface area contributed by atoms with E-state index < -0.39 is 5.91 Å². The number of hydrogen-bond donors (Lipinski definition) is 3. The van der Waals surface area contributed by atoms with E-state index in [0.717, 1.165) is 22.3 Å². The van der Waals surface area contributed by atoms with E-state index >= 15 is 0 Å². The highest BCUT2D eigenvalue weighted by Crippen LogP contribution is 2.25. The zero-order valence-electron chi connectivity index (χ0n) is 18.4. The Morgan fingerprint density at radius 3 is 2.32 bits per heavy atom. The molecule has 0 saturated carbocycles. The lowest BCUT2D eigenvalue weighted by atomic mass is 10.1. The number of amides is 2. The van der Waals surface area contributed by atoms with Crippen molar-refractivity contribution in [3.8, 4) is 11.5 Å². The Labute approximate surface area is 196 Å². The van der Waals surface area contributed by atoms with Crippen LogP contribution in [0.4, 0.5) is 0 Å². The monoisotopic (exact) mass is 457 g/mol. The van der Waals surface area contributed by atoms with Crippen LogP contribution < -0.4 is 20.3 Å². The van der Waals surface area contributed by atoms with Gasteiger partial charge in [-0.3, -0.25) is 14.8 Å². The van der Waals surface area contributed by atoms with Crippen LogP contribution in [0.25, 0.3) is 10.9 Å². The van der Waals surface area contributed by atoms with Gasteiger partial charge in [0.1, 0.15) is 29.3 Å². The van der Waals surface area contributed by atoms with Gasteiger partial charge in [0.05, 0.1) is 7.11 Å². The maximum absolute atomic E-state index is 12.7. The zero-order chi connectivity index (χ0) is 23.9. The third-order valence-corrected chi connectivity index (χ3v) is 5.24. The normalized spacial score (nSPS) is 10.5. The van der Waals surface area contributed by atoms with Gasteiger partial charge in [-0.15, -0.1) is 0 Å². The van der Waals surface area contributed by atoms with Crippen molar-refractivity contribution < 1.29 is 24.3 Å². The number of nitrogens with zero attached hydrogens (tertiary/aromatic N) is 1. The van der Waals surface area contributed by atoms with Crippen molar-refractivity contribution in [3.63, 3.8) is 0 Å². The number of pyridine rings is 1. The third-order valence-electron chi connectivity index (χ3n) is 5.24. The van der Waals surface area contributed by atoms with E-state index in [2.05, 4.69) is 10.3 Å². The maximum atomic E-state index is 12.7. The molecular weight excluding hydrogens is 434 g/mol. The van der Waals surface area contributed by atoms with Gasteiger partial charge in [-0.05, 0) is 47.5 Å². The first-order valence-corrected chi connectivity index (χ1v) is 10.5. The van der Waals surface area contributed by atoms with Crippen LogP contribution >= 0.6 is 0 Å². The molecule has 34 heavy (non-hydrogen) atoms. The number of aromatic nitrogens is 1. The quantitative estimate of drug-likeness (QED) is 0.274. The second-order valence-electron chi connectivity index (χ2n) is 7.48. The Hall–Kier alpha value is -4.43. The Bertz CT molecular complexity index is 1300. The predicted octanol–water partition coefficient (Wildman–Crippen LogP) is 3.87. The predicted molar refractivity (Wildman–Crippen MR) is 126 cm³/mol. The molecule has 1 heterocycles. The van der Waals surface area contributed by atoms with Crippen LogP contribution in [-0.4, -0.2) is 29.1 Å². The Balaban J connectivity index is 1.45. The van der Waals surface area contributed by atoms with Gasteiger partial charge in [0.25, 0.3) is 11.8 Å². The van der Waals surface area contributed by atoms with Crippen molar-refractivity contribution in [2.24, 2.45) is 0 Å². The number of fused-ring (bicyclic) bond motifs is 1. The Morgan fingerprint density at radius 2 is 1.62 bits per heavy atom. The number of hydroxylamine groups is 1. The molecule has 0 unspecified atom stereocenters. The van der Waals surface area contributed by atoms with Gasteiger partial charge in [0.2, 0.25) is 0 Å². The first-order valence-electron chi connectivity index (χ1n) is 10.5. The molecule has 172 valence electrons. The number of para-hydroxylation sites is 1. The van der Waals surface area contributed by atoms with Gasteiger partial charge in [0.15, 0.2) is 0 Å². The van der Waals surface area contributed by atoms with E-state index in [4.69, 9.17) is 14.7 Å². The summed E-state index contributed by atoms with van der Waals surface area (Å²) in [6.07, 6.45) is 0. The topological polar surface area (TPSA) is 110 Å². The fourth-order valence-electron chi connectivity index (χ4n) is 3.36. The van der Waals surface area contributed by atoms with Crippen molar-refractivity contribution >= 4 is 22.7 Å². The van der Waals surface area contributed by atoms with Crippen molar-refractivity contribution in [1.29, 1.82) is 0 Å². The summed E-state index contributed by atoms with van der Waals surface area (Å²) < 4.78 is 11.2. The standard InChI is InChI=1S/C26H23N3O5/c1-33-21-12-7-18(8-13-21)16-34-23-4-2-3-19-11-14-22(28-24(19)23)26(31)27-15-17-5-9-20(10-6-17)25(30)29-32/h2-14,32H,15-16H2,1H3,(H,27,31)(H,29,30). The molecule has 4 rings (SSSR count). The van der Waals surface area contributed by atoms with E-state index in [1.54, 1.807) is 42.9 Å². The second kappa shape index (κ2) is 10.5. The molecular formula is C26H23N3O5. The molecule has 0 saturated heterocycles. The van der Waals surface area contributed by atoms with Gasteiger partial charge in [-0.25, -0.2) is 10.5 Å². The summed E-state index contributed by atoms with van der Waals surface area (Å²) in [4.78, 5) is 28.7. The second-order valence-corrected chi connectivity index (χ2v) is 7.48. The van der Waals surface area contributed by atoms with Crippen molar-refractivity contribution in [1.82, 2.24) is 15.8 Å². The molecule has 4 aromatic rings. The van der Waals surface area contributed by atoms with Crippen LogP contribution in [0.15, 0.2) is 78.9 Å². The summed E-state index contributed by atoms with van der Waals surface area (Å²) >= 11 is 0. The Kier molecular flexibility index (Phi) is 7.00. The lowest BCUT2D eigenvalue weighted by molar-refractivity contribution is 0.0706. The van der Waals surface area contributed by atoms with E-state index in [1.165, 1.54) is 0 Å². The van der Waals surface area contributed by atoms with E-state index in [1.807, 2.05) is 48.5 Å². The molecule has 8 heteroatoms. The summed E-state index contributed by atoms with van der Waals surface area (Å²) in [5.74, 6) is 0.434. The molecule has 0 aliphatic rings. The molecule has 0 radical (unpaired) electrons. The average molecular weight is 457 g/mol. The highest BCUT2D eigenvalue weighted by molar-refractivity contribution is 5.96. The molecule has 0 atom stereocenters. The smallest absolute Gasteiger partial charge is 0.274 e. The largest absolute Gasteiger partial charge is 0.497 e. The number of hydrogen-bond acceptors (Lipinski definition) is 6. The number of benzene rings is 3. The van der Waals surface area contributed by atoms with E-state index in [-0.39, 0.29) is 18.1 Å². The molecule has 0 spiro atoms. The molecule has 0 aliphatic heterocycles. The van der Waals surface area contributed by atoms with Gasteiger partial charge in [-0.1, -0.05) is 42.5 Å². The number of nitrogens with one attached hydrogen (secondary N) is 2. The van der Waals surface area contributed by atoms with Gasteiger partial charge < -0.3 is 14.8 Å². The van der Waals surface area contributed by atoms with E-state index in [0.29, 0.717) is 23.4 Å². The number of ether oxygens (including phenoxy) is 2. The minimum Gasteiger partial charge on any atom is -0.497 e. The van der Waals surface area contributed by atoms with Crippen molar-refractivity contribution in [3.05, 3.63) is 101 Å². The summed E-state index contributed by atoms with van der Waals surface area (Å²) in [6.45, 7) is 0.612. The highest BCUT2D eigenvalue weighted by Gasteiger charge is 2.12. The molecule has 0 aliphatic carbocycles. The third kappa shape index (κ3) is 5.31. The van der Waals surface area contributed by atoms with E-state index in [9.17, 15) is 9.59 Å². The first kappa shape index (κ1) is 22.8. The number of carbonyl (C=O) groups excluding carboxylic acids is 2. The highest BCUT2D eigenvalue weighted by atomic mass is 16.5. The molecule has 3 aromatic carbocycles. The number of methoxy groups -OCH3 is 1. The first-order chi connectivity index (χ1) is 16.6. The van der Waals surface area contributed by atoms with Gasteiger partial charge >= 0.3 is 0 Å². The lowest BCUT2D eigenvalue weighted by Crippen LogP contribution is -2.24.